The molecule has 168 valence electrons. The van der Waals surface area contributed by atoms with Crippen LogP contribution in [0.2, 0.25) is 5.02 Å². The lowest BCUT2D eigenvalue weighted by Gasteiger charge is -2.26. The maximum Gasteiger partial charge on any atom is 0.417 e. The van der Waals surface area contributed by atoms with Gasteiger partial charge in [0, 0.05) is 28.8 Å². The van der Waals surface area contributed by atoms with Gasteiger partial charge < -0.3 is 10.5 Å². The first-order valence-corrected chi connectivity index (χ1v) is 10.6. The van der Waals surface area contributed by atoms with Gasteiger partial charge in [0.2, 0.25) is 0 Å². The maximum absolute atomic E-state index is 13.9. The summed E-state index contributed by atoms with van der Waals surface area (Å²) in [5, 5.41) is 4.27. The van der Waals surface area contributed by atoms with E-state index in [9.17, 15) is 13.2 Å². The Bertz CT molecular complexity index is 1130. The molecule has 3 aromatic rings. The number of alkyl halides is 3. The van der Waals surface area contributed by atoms with Crippen molar-refractivity contribution in [2.75, 3.05) is 13.2 Å². The predicted molar refractivity (Wildman–Crippen MR) is 116 cm³/mol. The molecular formula is C23H22ClF3N4O. The Hall–Kier alpha value is -2.84. The highest BCUT2D eigenvalue weighted by Crippen LogP contribution is 2.50. The number of benzene rings is 2. The van der Waals surface area contributed by atoms with Crippen molar-refractivity contribution in [2.45, 2.75) is 31.5 Å². The van der Waals surface area contributed by atoms with E-state index in [4.69, 9.17) is 22.1 Å². The fraction of sp³-hybridized carbons (Fsp3) is 0.304. The first kappa shape index (κ1) is 22.4. The Morgan fingerprint density at radius 2 is 1.97 bits per heavy atom. The summed E-state index contributed by atoms with van der Waals surface area (Å²) in [5.41, 5.74) is 7.98. The Labute approximate surface area is 188 Å². The van der Waals surface area contributed by atoms with Crippen LogP contribution in [0.1, 0.15) is 47.6 Å². The number of allylic oxidation sites excluding steroid dienone is 1. The number of hydrogen-bond donors (Lipinski definition) is 1. The van der Waals surface area contributed by atoms with Crippen LogP contribution in [0.5, 0.6) is 0 Å². The van der Waals surface area contributed by atoms with Gasteiger partial charge in [-0.2, -0.15) is 18.3 Å². The van der Waals surface area contributed by atoms with Crippen LogP contribution >= 0.6 is 11.6 Å². The Morgan fingerprint density at radius 3 is 2.66 bits per heavy atom. The van der Waals surface area contributed by atoms with Crippen molar-refractivity contribution in [3.8, 4) is 0 Å². The Morgan fingerprint density at radius 1 is 1.19 bits per heavy atom. The lowest BCUT2D eigenvalue weighted by Crippen LogP contribution is -2.26. The van der Waals surface area contributed by atoms with Crippen molar-refractivity contribution in [2.24, 2.45) is 5.73 Å². The van der Waals surface area contributed by atoms with Crippen molar-refractivity contribution in [3.63, 3.8) is 0 Å². The van der Waals surface area contributed by atoms with Gasteiger partial charge in [-0.25, -0.2) is 9.67 Å². The second-order valence-electron chi connectivity index (χ2n) is 7.60. The molecule has 0 saturated heterocycles. The van der Waals surface area contributed by atoms with Crippen molar-refractivity contribution in [1.82, 2.24) is 14.8 Å². The monoisotopic (exact) mass is 462 g/mol. The second kappa shape index (κ2) is 8.96. The Balaban J connectivity index is 1.90. The van der Waals surface area contributed by atoms with Gasteiger partial charge in [-0.05, 0) is 35.2 Å². The van der Waals surface area contributed by atoms with E-state index in [1.54, 1.807) is 23.1 Å². The standard InChI is InChI=1S/C23H22ClF3N4O/c1-2-9-32-11-19(31-13-29-12-30-31)21-16-6-4-3-5-15(16)20(22(21)28)17-8-7-14(24)10-18(17)23(25,26)27/h3-8,10,12-13,19,21H,2,9,11,28H2,1H3. The zero-order valence-electron chi connectivity index (χ0n) is 17.3. The molecule has 0 amide bonds. The summed E-state index contributed by atoms with van der Waals surface area (Å²) in [6, 6.07) is 10.7. The molecule has 5 nitrogen and oxygen atoms in total. The van der Waals surface area contributed by atoms with Crippen molar-refractivity contribution in [3.05, 3.63) is 88.1 Å². The van der Waals surface area contributed by atoms with Gasteiger partial charge in [-0.3, -0.25) is 0 Å². The highest BCUT2D eigenvalue weighted by atomic mass is 35.5. The fourth-order valence-corrected chi connectivity index (χ4v) is 4.39. The average Bonchev–Trinajstić information content (AvgIpc) is 3.38. The van der Waals surface area contributed by atoms with Gasteiger partial charge >= 0.3 is 6.18 Å². The van der Waals surface area contributed by atoms with E-state index in [1.807, 2.05) is 19.1 Å². The molecule has 2 unspecified atom stereocenters. The minimum atomic E-state index is -4.59. The van der Waals surface area contributed by atoms with E-state index < -0.39 is 17.7 Å². The van der Waals surface area contributed by atoms with Crippen LogP contribution in [-0.4, -0.2) is 28.0 Å². The van der Waals surface area contributed by atoms with Gasteiger partial charge in [0.1, 0.15) is 12.7 Å². The number of rotatable bonds is 7. The van der Waals surface area contributed by atoms with Gasteiger partial charge in [0.25, 0.3) is 0 Å². The van der Waals surface area contributed by atoms with Crippen molar-refractivity contribution < 1.29 is 17.9 Å². The molecule has 2 aromatic carbocycles. The number of nitrogens with two attached hydrogens (primary N) is 1. The van der Waals surface area contributed by atoms with E-state index in [-0.39, 0.29) is 23.2 Å². The molecule has 2 N–H and O–H groups in total. The molecule has 0 radical (unpaired) electrons. The van der Waals surface area contributed by atoms with E-state index in [0.29, 0.717) is 23.4 Å². The molecule has 9 heteroatoms. The summed E-state index contributed by atoms with van der Waals surface area (Å²) < 4.78 is 49.2. The molecule has 1 aromatic heterocycles. The second-order valence-corrected chi connectivity index (χ2v) is 8.04. The number of ether oxygens (including phenoxy) is 1. The van der Waals surface area contributed by atoms with E-state index in [0.717, 1.165) is 18.1 Å². The van der Waals surface area contributed by atoms with Gasteiger partial charge in [0.15, 0.2) is 0 Å². The largest absolute Gasteiger partial charge is 0.417 e. The third-order valence-electron chi connectivity index (χ3n) is 5.54. The predicted octanol–water partition coefficient (Wildman–Crippen LogP) is 5.43. The minimum Gasteiger partial charge on any atom is -0.401 e. The van der Waals surface area contributed by atoms with Gasteiger partial charge in [-0.15, -0.1) is 0 Å². The first-order chi connectivity index (χ1) is 15.3. The molecular weight excluding hydrogens is 441 g/mol. The van der Waals surface area contributed by atoms with Crippen LogP contribution in [0.4, 0.5) is 13.2 Å². The van der Waals surface area contributed by atoms with E-state index in [2.05, 4.69) is 10.1 Å². The number of fused-ring (bicyclic) bond motifs is 1. The molecule has 1 aliphatic rings. The van der Waals surface area contributed by atoms with Crippen LogP contribution in [0, 0.1) is 0 Å². The summed E-state index contributed by atoms with van der Waals surface area (Å²) in [4.78, 5) is 4.03. The molecule has 0 spiro atoms. The quantitative estimate of drug-likeness (QED) is 0.475. The molecule has 0 fully saturated rings. The SMILES string of the molecule is CCCOCC(C1C(N)=C(c2ccc(Cl)cc2C(F)(F)F)c2ccccc21)n1cncn1. The number of hydrogen-bond acceptors (Lipinski definition) is 4. The number of aromatic nitrogens is 3. The summed E-state index contributed by atoms with van der Waals surface area (Å²) in [7, 11) is 0. The van der Waals surface area contributed by atoms with Crippen molar-refractivity contribution >= 4 is 17.2 Å². The normalized spacial score (nSPS) is 17.0. The van der Waals surface area contributed by atoms with Crippen molar-refractivity contribution in [1.29, 1.82) is 0 Å². The molecule has 4 rings (SSSR count). The molecule has 0 saturated carbocycles. The van der Waals surface area contributed by atoms with E-state index in [1.165, 1.54) is 18.5 Å². The first-order valence-electron chi connectivity index (χ1n) is 10.2. The average molecular weight is 463 g/mol. The lowest BCUT2D eigenvalue weighted by atomic mass is 9.92. The summed E-state index contributed by atoms with van der Waals surface area (Å²) in [6.07, 6.45) is -0.773. The minimum absolute atomic E-state index is 0.00108. The third-order valence-corrected chi connectivity index (χ3v) is 5.78. The lowest BCUT2D eigenvalue weighted by molar-refractivity contribution is -0.137. The number of nitrogens with zero attached hydrogens (tertiary/aromatic N) is 3. The molecule has 0 aliphatic heterocycles. The topological polar surface area (TPSA) is 66.0 Å². The summed E-state index contributed by atoms with van der Waals surface area (Å²) in [6.45, 7) is 2.84. The van der Waals surface area contributed by atoms with E-state index >= 15 is 0 Å². The van der Waals surface area contributed by atoms with Crippen LogP contribution in [-0.2, 0) is 10.9 Å². The van der Waals surface area contributed by atoms with Gasteiger partial charge in [0.05, 0.1) is 18.2 Å². The van der Waals surface area contributed by atoms with Crippen LogP contribution < -0.4 is 5.73 Å². The third kappa shape index (κ3) is 4.12. The maximum atomic E-state index is 13.9. The highest BCUT2D eigenvalue weighted by molar-refractivity contribution is 6.30. The molecule has 32 heavy (non-hydrogen) atoms. The number of halogens is 4. The highest BCUT2D eigenvalue weighted by Gasteiger charge is 2.41. The zero-order valence-corrected chi connectivity index (χ0v) is 18.1. The Kier molecular flexibility index (Phi) is 6.26. The molecule has 0 bridgehead atoms. The molecule has 1 aliphatic carbocycles. The van der Waals surface area contributed by atoms with Crippen LogP contribution in [0.3, 0.4) is 0 Å². The molecule has 1 heterocycles. The van der Waals surface area contributed by atoms with Crippen LogP contribution in [0.25, 0.3) is 5.57 Å². The van der Waals surface area contributed by atoms with Crippen LogP contribution in [0.15, 0.2) is 60.8 Å². The smallest absolute Gasteiger partial charge is 0.401 e. The molecule has 2 atom stereocenters. The summed E-state index contributed by atoms with van der Waals surface area (Å²) >= 11 is 5.90. The zero-order chi connectivity index (χ0) is 22.9. The fourth-order valence-electron chi connectivity index (χ4n) is 4.22. The van der Waals surface area contributed by atoms with Gasteiger partial charge in [-0.1, -0.05) is 48.9 Å². The summed E-state index contributed by atoms with van der Waals surface area (Å²) in [5.74, 6) is -0.434.